The Morgan fingerprint density at radius 1 is 1.37 bits per heavy atom. The number of hydrogen-bond donors (Lipinski definition) is 0. The Morgan fingerprint density at radius 3 is 2.63 bits per heavy atom. The lowest BCUT2D eigenvalue weighted by Crippen LogP contribution is -2.48. The SMILES string of the molecule is Cc1ccc(C(=O)N2CCN(CC#N)CC2)c(Cl)c1. The molecule has 1 saturated heterocycles. The number of hydrogen-bond acceptors (Lipinski definition) is 3. The molecule has 19 heavy (non-hydrogen) atoms. The number of benzene rings is 1. The highest BCUT2D eigenvalue weighted by atomic mass is 35.5. The van der Waals surface area contributed by atoms with Gasteiger partial charge in [-0.3, -0.25) is 9.69 Å². The van der Waals surface area contributed by atoms with Gasteiger partial charge in [0, 0.05) is 26.2 Å². The number of carbonyl (C=O) groups excluding carboxylic acids is 1. The van der Waals surface area contributed by atoms with E-state index in [9.17, 15) is 4.79 Å². The predicted molar refractivity (Wildman–Crippen MR) is 74.1 cm³/mol. The molecule has 0 spiro atoms. The first-order valence-electron chi connectivity index (χ1n) is 6.26. The summed E-state index contributed by atoms with van der Waals surface area (Å²) in [5.74, 6) is -0.0263. The van der Waals surface area contributed by atoms with E-state index >= 15 is 0 Å². The highest BCUT2D eigenvalue weighted by Gasteiger charge is 2.23. The lowest BCUT2D eigenvalue weighted by molar-refractivity contribution is 0.0652. The van der Waals surface area contributed by atoms with Gasteiger partial charge in [-0.2, -0.15) is 5.26 Å². The normalized spacial score (nSPS) is 16.2. The van der Waals surface area contributed by atoms with Gasteiger partial charge in [0.25, 0.3) is 5.91 Å². The largest absolute Gasteiger partial charge is 0.336 e. The van der Waals surface area contributed by atoms with E-state index in [-0.39, 0.29) is 5.91 Å². The Hall–Kier alpha value is -1.57. The van der Waals surface area contributed by atoms with E-state index in [0.717, 1.165) is 18.7 Å². The summed E-state index contributed by atoms with van der Waals surface area (Å²) in [7, 11) is 0. The third kappa shape index (κ3) is 3.25. The summed E-state index contributed by atoms with van der Waals surface area (Å²) in [6.45, 7) is 5.13. The summed E-state index contributed by atoms with van der Waals surface area (Å²) in [6, 6.07) is 7.61. The lowest BCUT2D eigenvalue weighted by atomic mass is 10.1. The molecule has 0 atom stereocenters. The monoisotopic (exact) mass is 277 g/mol. The maximum atomic E-state index is 12.4. The Balaban J connectivity index is 2.03. The molecule has 0 aliphatic carbocycles. The second-order valence-electron chi connectivity index (χ2n) is 4.71. The summed E-state index contributed by atoms with van der Waals surface area (Å²) in [4.78, 5) is 16.2. The number of piperazine rings is 1. The van der Waals surface area contributed by atoms with E-state index in [2.05, 4.69) is 6.07 Å². The minimum Gasteiger partial charge on any atom is -0.336 e. The van der Waals surface area contributed by atoms with Gasteiger partial charge in [0.1, 0.15) is 0 Å². The van der Waals surface area contributed by atoms with Crippen molar-refractivity contribution < 1.29 is 4.79 Å². The Bertz CT molecular complexity index is 516. The highest BCUT2D eigenvalue weighted by Crippen LogP contribution is 2.20. The molecular weight excluding hydrogens is 262 g/mol. The molecule has 1 heterocycles. The maximum Gasteiger partial charge on any atom is 0.255 e. The Labute approximate surface area is 118 Å². The molecule has 0 N–H and O–H groups in total. The summed E-state index contributed by atoms with van der Waals surface area (Å²) in [5, 5.41) is 9.15. The number of aryl methyl sites for hydroxylation is 1. The average Bonchev–Trinajstić information content (AvgIpc) is 2.39. The van der Waals surface area contributed by atoms with Crippen molar-refractivity contribution in [2.45, 2.75) is 6.92 Å². The van der Waals surface area contributed by atoms with Crippen LogP contribution in [0.15, 0.2) is 18.2 Å². The fraction of sp³-hybridized carbons (Fsp3) is 0.429. The van der Waals surface area contributed by atoms with Gasteiger partial charge in [-0.15, -0.1) is 0 Å². The highest BCUT2D eigenvalue weighted by molar-refractivity contribution is 6.33. The molecule has 0 saturated carbocycles. The van der Waals surface area contributed by atoms with Crippen molar-refractivity contribution in [2.75, 3.05) is 32.7 Å². The van der Waals surface area contributed by atoms with E-state index in [4.69, 9.17) is 16.9 Å². The van der Waals surface area contributed by atoms with Crippen molar-refractivity contribution in [2.24, 2.45) is 0 Å². The minimum absolute atomic E-state index is 0.0263. The molecule has 0 bridgehead atoms. The number of nitrogens with zero attached hydrogens (tertiary/aromatic N) is 3. The lowest BCUT2D eigenvalue weighted by Gasteiger charge is -2.33. The van der Waals surface area contributed by atoms with Gasteiger partial charge in [-0.25, -0.2) is 0 Å². The van der Waals surface area contributed by atoms with Crippen molar-refractivity contribution in [3.8, 4) is 6.07 Å². The van der Waals surface area contributed by atoms with Crippen LogP contribution in [0.3, 0.4) is 0 Å². The molecule has 1 aliphatic rings. The minimum atomic E-state index is -0.0263. The molecule has 1 aromatic rings. The topological polar surface area (TPSA) is 47.3 Å². The molecule has 0 aromatic heterocycles. The van der Waals surface area contributed by atoms with Crippen LogP contribution in [-0.2, 0) is 0 Å². The first kappa shape index (κ1) is 13.9. The van der Waals surface area contributed by atoms with E-state index in [1.807, 2.05) is 17.9 Å². The van der Waals surface area contributed by atoms with Gasteiger partial charge in [-0.1, -0.05) is 17.7 Å². The molecule has 1 aliphatic heterocycles. The number of amides is 1. The average molecular weight is 278 g/mol. The van der Waals surface area contributed by atoms with Crippen LogP contribution < -0.4 is 0 Å². The zero-order valence-electron chi connectivity index (χ0n) is 10.9. The van der Waals surface area contributed by atoms with Crippen molar-refractivity contribution in [1.82, 2.24) is 9.80 Å². The number of halogens is 1. The Kier molecular flexibility index (Phi) is 4.41. The van der Waals surface area contributed by atoms with Crippen LogP contribution in [0.5, 0.6) is 0 Å². The molecule has 0 unspecified atom stereocenters. The van der Waals surface area contributed by atoms with Crippen LogP contribution in [0.1, 0.15) is 15.9 Å². The summed E-state index contributed by atoms with van der Waals surface area (Å²) in [6.07, 6.45) is 0. The van der Waals surface area contributed by atoms with E-state index < -0.39 is 0 Å². The zero-order valence-corrected chi connectivity index (χ0v) is 11.7. The van der Waals surface area contributed by atoms with Crippen LogP contribution in [0.2, 0.25) is 5.02 Å². The van der Waals surface area contributed by atoms with Gasteiger partial charge in [0.05, 0.1) is 23.2 Å². The molecule has 4 nitrogen and oxygen atoms in total. The molecule has 0 radical (unpaired) electrons. The summed E-state index contributed by atoms with van der Waals surface area (Å²) in [5.41, 5.74) is 1.60. The quantitative estimate of drug-likeness (QED) is 0.776. The Morgan fingerprint density at radius 2 is 2.05 bits per heavy atom. The number of carbonyl (C=O) groups is 1. The van der Waals surface area contributed by atoms with Gasteiger partial charge in [0.2, 0.25) is 0 Å². The van der Waals surface area contributed by atoms with Gasteiger partial charge in [-0.05, 0) is 24.6 Å². The van der Waals surface area contributed by atoms with Crippen LogP contribution in [0, 0.1) is 18.3 Å². The van der Waals surface area contributed by atoms with Gasteiger partial charge < -0.3 is 4.90 Å². The fourth-order valence-electron chi connectivity index (χ4n) is 2.17. The number of nitriles is 1. The van der Waals surface area contributed by atoms with Gasteiger partial charge in [0.15, 0.2) is 0 Å². The molecule has 1 aromatic carbocycles. The van der Waals surface area contributed by atoms with Crippen LogP contribution in [0.4, 0.5) is 0 Å². The van der Waals surface area contributed by atoms with Crippen molar-refractivity contribution in [3.63, 3.8) is 0 Å². The van der Waals surface area contributed by atoms with E-state index in [1.165, 1.54) is 0 Å². The van der Waals surface area contributed by atoms with E-state index in [0.29, 0.717) is 30.2 Å². The molecule has 2 rings (SSSR count). The molecule has 1 amide bonds. The predicted octanol–water partition coefficient (Wildman–Crippen LogP) is 1.93. The fourth-order valence-corrected chi connectivity index (χ4v) is 2.49. The summed E-state index contributed by atoms with van der Waals surface area (Å²) >= 11 is 6.12. The van der Waals surface area contributed by atoms with Gasteiger partial charge >= 0.3 is 0 Å². The zero-order chi connectivity index (χ0) is 13.8. The van der Waals surface area contributed by atoms with Crippen molar-refractivity contribution in [3.05, 3.63) is 34.3 Å². The van der Waals surface area contributed by atoms with Crippen molar-refractivity contribution in [1.29, 1.82) is 5.26 Å². The van der Waals surface area contributed by atoms with Crippen LogP contribution in [0.25, 0.3) is 0 Å². The second kappa shape index (κ2) is 6.05. The van der Waals surface area contributed by atoms with Crippen LogP contribution in [-0.4, -0.2) is 48.4 Å². The molecule has 1 fully saturated rings. The second-order valence-corrected chi connectivity index (χ2v) is 5.12. The number of rotatable bonds is 2. The van der Waals surface area contributed by atoms with E-state index in [1.54, 1.807) is 17.0 Å². The smallest absolute Gasteiger partial charge is 0.255 e. The molecule has 5 heteroatoms. The summed E-state index contributed by atoms with van der Waals surface area (Å²) < 4.78 is 0. The molecular formula is C14H16ClN3O. The molecule has 100 valence electrons. The van der Waals surface area contributed by atoms with Crippen molar-refractivity contribution >= 4 is 17.5 Å². The third-order valence-corrected chi connectivity index (χ3v) is 3.62. The third-order valence-electron chi connectivity index (χ3n) is 3.31. The first-order valence-corrected chi connectivity index (χ1v) is 6.64. The maximum absolute atomic E-state index is 12.4. The van der Waals surface area contributed by atoms with Crippen LogP contribution >= 0.6 is 11.6 Å². The first-order chi connectivity index (χ1) is 9.11. The standard InChI is InChI=1S/C14H16ClN3O/c1-11-2-3-12(13(15)10-11)14(19)18-8-6-17(5-4-16)7-9-18/h2-3,10H,5-9H2,1H3.